The fraction of sp³-hybridized carbons (Fsp3) is 0.581. The Kier molecular flexibility index (Phi) is 8.76. The highest BCUT2D eigenvalue weighted by Gasteiger charge is 2.57. The molecule has 6 heteroatoms. The molecule has 1 aromatic heterocycles. The van der Waals surface area contributed by atoms with Crippen LogP contribution in [0.15, 0.2) is 42.0 Å². The van der Waals surface area contributed by atoms with Crippen molar-refractivity contribution in [2.75, 3.05) is 26.7 Å². The summed E-state index contributed by atoms with van der Waals surface area (Å²) in [4.78, 5) is 17.7. The highest BCUT2D eigenvalue weighted by atomic mass is 32.1. The van der Waals surface area contributed by atoms with Crippen molar-refractivity contribution in [1.29, 1.82) is 0 Å². The molecule has 5 rings (SSSR count). The standard InChI is InChI=1S/C31H43NO4S/c1-21-6-5-14-30(3)27(13-15-31(30,36)20-32(4)16-17-33)25-11-9-23(18-24(34)10-7-21)19-26(25)29(35)28-12-8-22(2)37-28/h6,8-9,11-12,19,24,27,33-34,36H,5,7,10,13-18,20H2,1-4H3. The molecule has 2 bridgehead atoms. The average Bonchev–Trinajstić information content (AvgIpc) is 3.38. The number of thiophene rings is 1. The van der Waals surface area contributed by atoms with Crippen LogP contribution in [0.2, 0.25) is 0 Å². The van der Waals surface area contributed by atoms with Crippen molar-refractivity contribution in [3.05, 3.63) is 68.4 Å². The van der Waals surface area contributed by atoms with Gasteiger partial charge >= 0.3 is 0 Å². The first-order chi connectivity index (χ1) is 17.6. The lowest BCUT2D eigenvalue weighted by Gasteiger charge is -2.45. The fourth-order valence-corrected chi connectivity index (χ4v) is 7.40. The van der Waals surface area contributed by atoms with Crippen LogP contribution in [-0.4, -0.2) is 64.5 Å². The van der Waals surface area contributed by atoms with Crippen molar-refractivity contribution in [2.45, 2.75) is 83.3 Å². The minimum atomic E-state index is -0.935. The number of carbonyl (C=O) groups excluding carboxylic acids is 1. The van der Waals surface area contributed by atoms with Crippen molar-refractivity contribution >= 4 is 17.1 Å². The minimum absolute atomic E-state index is 0.0238. The van der Waals surface area contributed by atoms with E-state index in [4.69, 9.17) is 0 Å². The molecular weight excluding hydrogens is 482 g/mol. The van der Waals surface area contributed by atoms with Gasteiger partial charge in [0.05, 0.1) is 23.2 Å². The van der Waals surface area contributed by atoms with Crippen LogP contribution in [0.1, 0.15) is 89.5 Å². The van der Waals surface area contributed by atoms with E-state index in [-0.39, 0.29) is 18.3 Å². The molecule has 5 nitrogen and oxygen atoms in total. The van der Waals surface area contributed by atoms with Gasteiger partial charge in [0.15, 0.2) is 0 Å². The normalized spacial score (nSPS) is 28.7. The van der Waals surface area contributed by atoms with Gasteiger partial charge in [-0.15, -0.1) is 11.3 Å². The number of nitrogens with zero attached hydrogens (tertiary/aromatic N) is 1. The molecule has 3 aliphatic rings. The molecule has 0 amide bonds. The number of hydrogen-bond acceptors (Lipinski definition) is 6. The van der Waals surface area contributed by atoms with E-state index < -0.39 is 17.1 Å². The van der Waals surface area contributed by atoms with Gasteiger partial charge in [-0.05, 0) is 101 Å². The Balaban J connectivity index is 1.83. The number of rotatable bonds is 6. The zero-order valence-electron chi connectivity index (χ0n) is 22.8. The van der Waals surface area contributed by atoms with Crippen LogP contribution in [-0.2, 0) is 6.42 Å². The topological polar surface area (TPSA) is 81.0 Å². The molecule has 0 saturated heterocycles. The summed E-state index contributed by atoms with van der Waals surface area (Å²) in [6.45, 7) is 7.40. The summed E-state index contributed by atoms with van der Waals surface area (Å²) < 4.78 is 0. The fourth-order valence-electron chi connectivity index (χ4n) is 6.58. The molecular formula is C31H43NO4S. The maximum atomic E-state index is 13.9. The molecule has 2 aromatic rings. The van der Waals surface area contributed by atoms with Crippen LogP contribution in [0.5, 0.6) is 0 Å². The number of carbonyl (C=O) groups is 1. The highest BCUT2D eigenvalue weighted by molar-refractivity contribution is 7.14. The molecule has 1 fully saturated rings. The number of likely N-dealkylation sites (N-methyl/N-ethyl adjacent to an activating group) is 1. The van der Waals surface area contributed by atoms with Gasteiger partial charge in [-0.1, -0.05) is 30.7 Å². The van der Waals surface area contributed by atoms with Gasteiger partial charge in [0.1, 0.15) is 0 Å². The largest absolute Gasteiger partial charge is 0.395 e. The molecule has 1 saturated carbocycles. The van der Waals surface area contributed by atoms with Gasteiger partial charge in [-0.2, -0.15) is 0 Å². The Bertz CT molecular complexity index is 1140. The van der Waals surface area contributed by atoms with E-state index >= 15 is 0 Å². The number of ketones is 1. The van der Waals surface area contributed by atoms with Gasteiger partial charge in [-0.25, -0.2) is 0 Å². The number of fused-ring (bicyclic) bond motifs is 8. The summed E-state index contributed by atoms with van der Waals surface area (Å²) in [5.74, 6) is 0.0538. The molecule has 0 spiro atoms. The van der Waals surface area contributed by atoms with Gasteiger partial charge < -0.3 is 20.2 Å². The zero-order chi connectivity index (χ0) is 26.8. The molecule has 3 N–H and O–H groups in total. The third kappa shape index (κ3) is 5.94. The molecule has 37 heavy (non-hydrogen) atoms. The smallest absolute Gasteiger partial charge is 0.203 e. The lowest BCUT2D eigenvalue weighted by molar-refractivity contribution is -0.0810. The summed E-state index contributed by atoms with van der Waals surface area (Å²) in [5.41, 5.74) is 2.58. The third-order valence-electron chi connectivity index (χ3n) is 8.89. The number of aliphatic hydroxyl groups excluding tert-OH is 2. The Morgan fingerprint density at radius 2 is 1.95 bits per heavy atom. The van der Waals surface area contributed by atoms with Crippen LogP contribution < -0.4 is 0 Å². The van der Waals surface area contributed by atoms with Crippen molar-refractivity contribution in [2.24, 2.45) is 5.41 Å². The van der Waals surface area contributed by atoms with E-state index in [0.29, 0.717) is 37.9 Å². The number of aryl methyl sites for hydroxylation is 1. The summed E-state index contributed by atoms with van der Waals surface area (Å²) in [6, 6.07) is 10.1. The SMILES string of the molecule is CC1=CCCC2(C)C(CCC2(O)CN(C)CCO)c2ccc(cc2C(=O)c2ccc(C)s2)CC(O)CC1. The van der Waals surface area contributed by atoms with E-state index in [2.05, 4.69) is 32.1 Å². The second-order valence-corrected chi connectivity index (χ2v) is 12.9. The van der Waals surface area contributed by atoms with Crippen LogP contribution in [0.4, 0.5) is 0 Å². The summed E-state index contributed by atoms with van der Waals surface area (Å²) in [6.07, 6.45) is 6.95. The second kappa shape index (κ2) is 11.5. The number of hydrogen-bond donors (Lipinski definition) is 3. The Morgan fingerprint density at radius 3 is 2.65 bits per heavy atom. The predicted molar refractivity (Wildman–Crippen MR) is 150 cm³/mol. The molecule has 0 radical (unpaired) electrons. The quantitative estimate of drug-likeness (QED) is 0.355. The Hall–Kier alpha value is -1.83. The minimum Gasteiger partial charge on any atom is -0.395 e. The van der Waals surface area contributed by atoms with Gasteiger partial charge in [0.25, 0.3) is 0 Å². The van der Waals surface area contributed by atoms with E-state index in [0.717, 1.165) is 46.6 Å². The van der Waals surface area contributed by atoms with Crippen LogP contribution in [0, 0.1) is 12.3 Å². The second-order valence-electron chi connectivity index (χ2n) is 11.6. The first kappa shape index (κ1) is 28.2. The van der Waals surface area contributed by atoms with E-state index in [9.17, 15) is 20.1 Å². The first-order valence-electron chi connectivity index (χ1n) is 13.7. The molecule has 3 aliphatic carbocycles. The van der Waals surface area contributed by atoms with Crippen LogP contribution >= 0.6 is 11.3 Å². The first-order valence-corrected chi connectivity index (χ1v) is 14.5. The number of allylic oxidation sites excluding steroid dienone is 2. The monoisotopic (exact) mass is 525 g/mol. The van der Waals surface area contributed by atoms with E-state index in [1.165, 1.54) is 16.9 Å². The molecule has 4 atom stereocenters. The summed E-state index contributed by atoms with van der Waals surface area (Å²) in [7, 11) is 1.95. The van der Waals surface area contributed by atoms with E-state index in [1.54, 1.807) is 0 Å². The maximum absolute atomic E-state index is 13.9. The summed E-state index contributed by atoms with van der Waals surface area (Å²) >= 11 is 1.52. The van der Waals surface area contributed by atoms with Crippen LogP contribution in [0.25, 0.3) is 0 Å². The molecule has 0 aliphatic heterocycles. The van der Waals surface area contributed by atoms with E-state index in [1.807, 2.05) is 37.1 Å². The number of aliphatic hydroxyl groups is 3. The van der Waals surface area contributed by atoms with Crippen LogP contribution in [0.3, 0.4) is 0 Å². The van der Waals surface area contributed by atoms with Gasteiger partial charge in [-0.3, -0.25) is 4.79 Å². The van der Waals surface area contributed by atoms with Crippen molar-refractivity contribution < 1.29 is 20.1 Å². The number of benzene rings is 1. The summed E-state index contributed by atoms with van der Waals surface area (Å²) in [5, 5.41) is 32.4. The zero-order valence-corrected chi connectivity index (χ0v) is 23.6. The average molecular weight is 526 g/mol. The highest BCUT2D eigenvalue weighted by Crippen LogP contribution is 2.58. The molecule has 4 unspecified atom stereocenters. The lowest BCUT2D eigenvalue weighted by atomic mass is 9.64. The predicted octanol–water partition coefficient (Wildman–Crippen LogP) is 5.25. The molecule has 202 valence electrons. The van der Waals surface area contributed by atoms with Crippen molar-refractivity contribution in [1.82, 2.24) is 4.90 Å². The molecule has 1 aromatic carbocycles. The lowest BCUT2D eigenvalue weighted by Crippen LogP contribution is -2.52. The Morgan fingerprint density at radius 1 is 1.16 bits per heavy atom. The van der Waals surface area contributed by atoms with Gasteiger partial charge in [0.2, 0.25) is 5.78 Å². The Labute approximate surface area is 225 Å². The van der Waals surface area contributed by atoms with Crippen molar-refractivity contribution in [3.8, 4) is 0 Å². The van der Waals surface area contributed by atoms with Crippen molar-refractivity contribution in [3.63, 3.8) is 0 Å². The van der Waals surface area contributed by atoms with Gasteiger partial charge in [0, 0.05) is 28.9 Å². The molecule has 1 heterocycles. The maximum Gasteiger partial charge on any atom is 0.203 e. The third-order valence-corrected chi connectivity index (χ3v) is 9.89.